The zero-order valence-electron chi connectivity index (χ0n) is 12.6. The lowest BCUT2D eigenvalue weighted by Crippen LogP contribution is -2.36. The number of ether oxygens (including phenoxy) is 1. The number of benzene rings is 1. The quantitative estimate of drug-likeness (QED) is 0.780. The van der Waals surface area contributed by atoms with Crippen molar-refractivity contribution in [2.24, 2.45) is 0 Å². The Labute approximate surface area is 131 Å². The molecule has 21 heavy (non-hydrogen) atoms. The highest BCUT2D eigenvalue weighted by molar-refractivity contribution is 6.18. The van der Waals surface area contributed by atoms with E-state index in [1.807, 2.05) is 29.2 Å². The number of para-hydroxylation sites is 1. The van der Waals surface area contributed by atoms with Crippen molar-refractivity contribution in [3.63, 3.8) is 0 Å². The highest BCUT2D eigenvalue weighted by Gasteiger charge is 2.19. The molecule has 1 aromatic carbocycles. The average molecular weight is 311 g/mol. The average Bonchev–Trinajstić information content (AvgIpc) is 2.74. The van der Waals surface area contributed by atoms with Crippen LogP contribution in [0.5, 0.6) is 5.75 Å². The second-order valence-electron chi connectivity index (χ2n) is 5.25. The van der Waals surface area contributed by atoms with E-state index >= 15 is 0 Å². The predicted octanol–water partition coefficient (Wildman–Crippen LogP) is 2.01. The van der Waals surface area contributed by atoms with Gasteiger partial charge >= 0.3 is 0 Å². The van der Waals surface area contributed by atoms with E-state index in [1.165, 1.54) is 0 Å². The first-order valence-corrected chi connectivity index (χ1v) is 7.96. The topological polar surface area (TPSA) is 32.8 Å². The molecule has 1 amide bonds. The smallest absolute Gasteiger partial charge is 0.227 e. The van der Waals surface area contributed by atoms with Gasteiger partial charge in [0, 0.05) is 37.6 Å². The Kier molecular flexibility index (Phi) is 6.33. The molecule has 1 aliphatic rings. The van der Waals surface area contributed by atoms with Gasteiger partial charge in [-0.15, -0.1) is 11.6 Å². The van der Waals surface area contributed by atoms with E-state index in [4.69, 9.17) is 16.3 Å². The van der Waals surface area contributed by atoms with Gasteiger partial charge < -0.3 is 14.5 Å². The van der Waals surface area contributed by atoms with E-state index < -0.39 is 0 Å². The maximum absolute atomic E-state index is 12.5. The van der Waals surface area contributed by atoms with E-state index in [9.17, 15) is 4.79 Å². The van der Waals surface area contributed by atoms with Crippen LogP contribution in [0.2, 0.25) is 0 Å². The molecule has 0 bridgehead atoms. The first-order valence-electron chi connectivity index (χ1n) is 7.42. The van der Waals surface area contributed by atoms with E-state index in [2.05, 4.69) is 4.90 Å². The standard InChI is InChI=1S/C16H23ClN2O2/c1-21-15-6-3-2-5-14(15)13-16(20)19-9-4-8-18(10-7-17)11-12-19/h2-3,5-6H,4,7-13H2,1H3. The SMILES string of the molecule is COc1ccccc1CC(=O)N1CCCN(CCCl)CC1. The maximum atomic E-state index is 12.5. The molecule has 116 valence electrons. The Bertz CT molecular complexity index is 467. The van der Waals surface area contributed by atoms with Crippen LogP contribution < -0.4 is 4.74 Å². The summed E-state index contributed by atoms with van der Waals surface area (Å²) in [6.45, 7) is 4.43. The zero-order valence-corrected chi connectivity index (χ0v) is 13.3. The number of nitrogens with zero attached hydrogens (tertiary/aromatic N) is 2. The summed E-state index contributed by atoms with van der Waals surface area (Å²) >= 11 is 5.79. The van der Waals surface area contributed by atoms with Gasteiger partial charge in [-0.2, -0.15) is 0 Å². The monoisotopic (exact) mass is 310 g/mol. The molecule has 0 aromatic heterocycles. The van der Waals surface area contributed by atoms with Gasteiger partial charge in [0.05, 0.1) is 13.5 Å². The maximum Gasteiger partial charge on any atom is 0.227 e. The number of methoxy groups -OCH3 is 1. The molecule has 5 heteroatoms. The molecule has 4 nitrogen and oxygen atoms in total. The summed E-state index contributed by atoms with van der Waals surface area (Å²) in [5.41, 5.74) is 0.951. The number of hydrogen-bond donors (Lipinski definition) is 0. The largest absolute Gasteiger partial charge is 0.496 e. The van der Waals surface area contributed by atoms with Gasteiger partial charge in [0.1, 0.15) is 5.75 Å². The van der Waals surface area contributed by atoms with Gasteiger partial charge in [-0.1, -0.05) is 18.2 Å². The van der Waals surface area contributed by atoms with E-state index in [0.29, 0.717) is 12.3 Å². The van der Waals surface area contributed by atoms with Crippen LogP contribution in [0.15, 0.2) is 24.3 Å². The molecule has 0 unspecified atom stereocenters. The minimum atomic E-state index is 0.173. The lowest BCUT2D eigenvalue weighted by atomic mass is 10.1. The van der Waals surface area contributed by atoms with Crippen LogP contribution in [-0.4, -0.2) is 61.4 Å². The van der Waals surface area contributed by atoms with Crippen molar-refractivity contribution in [2.75, 3.05) is 45.7 Å². The second kappa shape index (κ2) is 8.25. The van der Waals surface area contributed by atoms with Crippen LogP contribution in [0.4, 0.5) is 0 Å². The lowest BCUT2D eigenvalue weighted by Gasteiger charge is -2.22. The molecule has 0 spiro atoms. The summed E-state index contributed by atoms with van der Waals surface area (Å²) in [5.74, 6) is 1.60. The third-order valence-corrected chi connectivity index (χ3v) is 4.05. The van der Waals surface area contributed by atoms with Crippen molar-refractivity contribution in [2.45, 2.75) is 12.8 Å². The minimum absolute atomic E-state index is 0.173. The molecular formula is C16H23ClN2O2. The normalized spacial score (nSPS) is 16.6. The third-order valence-electron chi connectivity index (χ3n) is 3.88. The molecule has 0 radical (unpaired) electrons. The van der Waals surface area contributed by atoms with Crippen LogP contribution in [0.3, 0.4) is 0 Å². The molecule has 0 N–H and O–H groups in total. The Morgan fingerprint density at radius 1 is 1.24 bits per heavy atom. The van der Waals surface area contributed by atoms with Crippen LogP contribution in [0.25, 0.3) is 0 Å². The van der Waals surface area contributed by atoms with Crippen LogP contribution in [-0.2, 0) is 11.2 Å². The van der Waals surface area contributed by atoms with Crippen molar-refractivity contribution >= 4 is 17.5 Å². The van der Waals surface area contributed by atoms with Gasteiger partial charge in [-0.3, -0.25) is 4.79 Å². The van der Waals surface area contributed by atoms with Gasteiger partial charge in [0.25, 0.3) is 0 Å². The lowest BCUT2D eigenvalue weighted by molar-refractivity contribution is -0.130. The Hall–Kier alpha value is -1.26. The molecule has 0 saturated carbocycles. The van der Waals surface area contributed by atoms with E-state index in [0.717, 1.165) is 50.5 Å². The first-order chi connectivity index (χ1) is 10.2. The summed E-state index contributed by atoms with van der Waals surface area (Å²) in [7, 11) is 1.64. The fourth-order valence-corrected chi connectivity index (χ4v) is 2.93. The molecule has 0 atom stereocenters. The fraction of sp³-hybridized carbons (Fsp3) is 0.562. The van der Waals surface area contributed by atoms with Crippen molar-refractivity contribution in [3.05, 3.63) is 29.8 Å². The summed E-state index contributed by atoms with van der Waals surface area (Å²) in [6, 6.07) is 7.71. The fourth-order valence-electron chi connectivity index (χ4n) is 2.69. The summed E-state index contributed by atoms with van der Waals surface area (Å²) < 4.78 is 5.31. The zero-order chi connectivity index (χ0) is 15.1. The number of halogens is 1. The number of alkyl halides is 1. The van der Waals surface area contributed by atoms with Crippen LogP contribution >= 0.6 is 11.6 Å². The highest BCUT2D eigenvalue weighted by atomic mass is 35.5. The first kappa shape index (κ1) is 16.1. The molecule has 1 aliphatic heterocycles. The van der Waals surface area contributed by atoms with Gasteiger partial charge in [-0.25, -0.2) is 0 Å². The number of amides is 1. The molecule has 1 heterocycles. The minimum Gasteiger partial charge on any atom is -0.496 e. The summed E-state index contributed by atoms with van der Waals surface area (Å²) in [5, 5.41) is 0. The third kappa shape index (κ3) is 4.61. The molecular weight excluding hydrogens is 288 g/mol. The Morgan fingerprint density at radius 3 is 2.81 bits per heavy atom. The van der Waals surface area contributed by atoms with E-state index in [1.54, 1.807) is 7.11 Å². The molecule has 1 fully saturated rings. The van der Waals surface area contributed by atoms with Gasteiger partial charge in [0.15, 0.2) is 0 Å². The molecule has 0 aliphatic carbocycles. The second-order valence-corrected chi connectivity index (χ2v) is 5.63. The Balaban J connectivity index is 1.94. The van der Waals surface area contributed by atoms with Crippen molar-refractivity contribution < 1.29 is 9.53 Å². The summed E-state index contributed by atoms with van der Waals surface area (Å²) in [6.07, 6.45) is 1.41. The summed E-state index contributed by atoms with van der Waals surface area (Å²) in [4.78, 5) is 16.8. The predicted molar refractivity (Wildman–Crippen MR) is 85.1 cm³/mol. The van der Waals surface area contributed by atoms with Crippen molar-refractivity contribution in [3.8, 4) is 5.75 Å². The molecule has 1 aromatic rings. The van der Waals surface area contributed by atoms with Crippen molar-refractivity contribution in [1.82, 2.24) is 9.80 Å². The van der Waals surface area contributed by atoms with Gasteiger partial charge in [-0.05, 0) is 19.0 Å². The number of hydrogen-bond acceptors (Lipinski definition) is 3. The number of rotatable bonds is 5. The Morgan fingerprint density at radius 2 is 2.05 bits per heavy atom. The van der Waals surface area contributed by atoms with Gasteiger partial charge in [0.2, 0.25) is 5.91 Å². The number of carbonyl (C=O) groups excluding carboxylic acids is 1. The molecule has 1 saturated heterocycles. The highest BCUT2D eigenvalue weighted by Crippen LogP contribution is 2.19. The van der Waals surface area contributed by atoms with Crippen LogP contribution in [0.1, 0.15) is 12.0 Å². The van der Waals surface area contributed by atoms with E-state index in [-0.39, 0.29) is 5.91 Å². The number of carbonyl (C=O) groups is 1. The van der Waals surface area contributed by atoms with Crippen molar-refractivity contribution in [1.29, 1.82) is 0 Å². The van der Waals surface area contributed by atoms with Crippen LogP contribution in [0, 0.1) is 0 Å². The molecule has 2 rings (SSSR count).